The van der Waals surface area contributed by atoms with Crippen molar-refractivity contribution in [1.82, 2.24) is 0 Å². The van der Waals surface area contributed by atoms with Crippen LogP contribution in [0.25, 0.3) is 0 Å². The summed E-state index contributed by atoms with van der Waals surface area (Å²) in [5, 5.41) is 2.60. The monoisotopic (exact) mass is 390 g/mol. The zero-order valence-electron chi connectivity index (χ0n) is 15.4. The van der Waals surface area contributed by atoms with Crippen molar-refractivity contribution >= 4 is 27.3 Å². The summed E-state index contributed by atoms with van der Waals surface area (Å²) in [4.78, 5) is 11.2. The van der Waals surface area contributed by atoms with Gasteiger partial charge in [-0.15, -0.1) is 6.58 Å². The number of ether oxygens (including phenoxy) is 2. The van der Waals surface area contributed by atoms with E-state index in [1.54, 1.807) is 18.2 Å². The summed E-state index contributed by atoms with van der Waals surface area (Å²) in [7, 11) is -0.942. The highest BCUT2D eigenvalue weighted by Gasteiger charge is 2.27. The van der Waals surface area contributed by atoms with Crippen molar-refractivity contribution in [3.63, 3.8) is 0 Å². The van der Waals surface area contributed by atoms with Crippen LogP contribution in [0.5, 0.6) is 11.5 Å². The molecular weight excluding hydrogens is 368 g/mol. The van der Waals surface area contributed by atoms with Gasteiger partial charge in [0.15, 0.2) is 0 Å². The fourth-order valence-electron chi connectivity index (χ4n) is 2.48. The van der Waals surface area contributed by atoms with Gasteiger partial charge in [-0.2, -0.15) is 0 Å². The largest absolute Gasteiger partial charge is 0.497 e. The Balaban J connectivity index is 2.52. The molecule has 1 amide bonds. The normalized spacial score (nSPS) is 10.8. The Morgan fingerprint density at radius 1 is 1.15 bits per heavy atom. The van der Waals surface area contributed by atoms with Crippen LogP contribution in [0.4, 0.5) is 11.4 Å². The number of amides is 1. The van der Waals surface area contributed by atoms with Gasteiger partial charge in [-0.05, 0) is 36.4 Å². The molecule has 0 aliphatic heterocycles. The first kappa shape index (κ1) is 20.3. The van der Waals surface area contributed by atoms with Crippen molar-refractivity contribution < 1.29 is 22.7 Å². The number of sulfonamides is 1. The van der Waals surface area contributed by atoms with E-state index in [9.17, 15) is 13.2 Å². The maximum Gasteiger partial charge on any atom is 0.264 e. The molecule has 8 heteroatoms. The minimum Gasteiger partial charge on any atom is -0.497 e. The van der Waals surface area contributed by atoms with Crippen LogP contribution in [0.15, 0.2) is 60.0 Å². The Bertz CT molecular complexity index is 924. The molecule has 1 N–H and O–H groups in total. The van der Waals surface area contributed by atoms with E-state index in [2.05, 4.69) is 11.9 Å². The lowest BCUT2D eigenvalue weighted by Gasteiger charge is -2.25. The zero-order valence-corrected chi connectivity index (χ0v) is 16.2. The number of carbonyl (C=O) groups excluding carboxylic acids is 1. The average Bonchev–Trinajstić information content (AvgIpc) is 2.65. The number of methoxy groups -OCH3 is 2. The first-order valence-corrected chi connectivity index (χ1v) is 9.50. The summed E-state index contributed by atoms with van der Waals surface area (Å²) in [6.07, 6.45) is 1.49. The van der Waals surface area contributed by atoms with Crippen LogP contribution < -0.4 is 19.1 Å². The molecule has 2 aromatic carbocycles. The van der Waals surface area contributed by atoms with Crippen LogP contribution in [-0.4, -0.2) is 35.1 Å². The summed E-state index contributed by atoms with van der Waals surface area (Å²) >= 11 is 0. The number of benzene rings is 2. The lowest BCUT2D eigenvalue weighted by molar-refractivity contribution is -0.114. The molecule has 2 rings (SSSR count). The number of hydrogen-bond acceptors (Lipinski definition) is 5. The maximum atomic E-state index is 13.2. The van der Waals surface area contributed by atoms with Gasteiger partial charge < -0.3 is 14.8 Å². The SMILES string of the molecule is C=CCN(c1cc(OC)ccc1OC)S(=O)(=O)c1ccc(NC(C)=O)cc1. The third-order valence-corrected chi connectivity index (χ3v) is 5.51. The Labute approximate surface area is 159 Å². The molecule has 0 unspecified atom stereocenters. The molecule has 0 fully saturated rings. The molecule has 0 atom stereocenters. The second-order valence-electron chi connectivity index (χ2n) is 5.57. The van der Waals surface area contributed by atoms with Crippen LogP contribution in [0.1, 0.15) is 6.92 Å². The molecule has 0 bridgehead atoms. The van der Waals surface area contributed by atoms with E-state index in [-0.39, 0.29) is 17.3 Å². The molecule has 144 valence electrons. The quantitative estimate of drug-likeness (QED) is 0.701. The summed E-state index contributed by atoms with van der Waals surface area (Å²) in [5.41, 5.74) is 0.846. The van der Waals surface area contributed by atoms with E-state index < -0.39 is 10.0 Å². The summed E-state index contributed by atoms with van der Waals surface area (Å²) in [6.45, 7) is 5.07. The number of rotatable bonds is 8. The van der Waals surface area contributed by atoms with E-state index in [4.69, 9.17) is 9.47 Å². The molecule has 27 heavy (non-hydrogen) atoms. The fraction of sp³-hybridized carbons (Fsp3) is 0.211. The predicted molar refractivity (Wildman–Crippen MR) is 105 cm³/mol. The number of nitrogens with one attached hydrogen (secondary N) is 1. The molecule has 7 nitrogen and oxygen atoms in total. The Morgan fingerprint density at radius 2 is 1.81 bits per heavy atom. The number of anilines is 2. The topological polar surface area (TPSA) is 84.9 Å². The minimum absolute atomic E-state index is 0.0410. The van der Waals surface area contributed by atoms with Gasteiger partial charge in [0.1, 0.15) is 11.5 Å². The molecule has 0 spiro atoms. The molecule has 0 heterocycles. The molecule has 0 aromatic heterocycles. The van der Waals surface area contributed by atoms with Gasteiger partial charge >= 0.3 is 0 Å². The second-order valence-corrected chi connectivity index (χ2v) is 7.43. The van der Waals surface area contributed by atoms with Crippen LogP contribution >= 0.6 is 0 Å². The Morgan fingerprint density at radius 3 is 2.33 bits per heavy atom. The molecule has 2 aromatic rings. The third kappa shape index (κ3) is 4.59. The highest BCUT2D eigenvalue weighted by molar-refractivity contribution is 7.92. The van der Waals surface area contributed by atoms with Crippen molar-refractivity contribution in [2.24, 2.45) is 0 Å². The van der Waals surface area contributed by atoms with Crippen molar-refractivity contribution in [3.05, 3.63) is 55.1 Å². The predicted octanol–water partition coefficient (Wildman–Crippen LogP) is 3.04. The fourth-order valence-corrected chi connectivity index (χ4v) is 3.91. The summed E-state index contributed by atoms with van der Waals surface area (Å²) in [5.74, 6) is 0.646. The van der Waals surface area contributed by atoms with Gasteiger partial charge in [0.25, 0.3) is 10.0 Å². The van der Waals surface area contributed by atoms with E-state index in [1.807, 2.05) is 0 Å². The maximum absolute atomic E-state index is 13.2. The lowest BCUT2D eigenvalue weighted by Crippen LogP contribution is -2.31. The van der Waals surface area contributed by atoms with E-state index in [0.29, 0.717) is 22.9 Å². The first-order chi connectivity index (χ1) is 12.8. The summed E-state index contributed by atoms with van der Waals surface area (Å²) in [6, 6.07) is 10.8. The molecule has 0 aliphatic rings. The molecule has 0 aliphatic carbocycles. The van der Waals surface area contributed by atoms with Crippen molar-refractivity contribution in [2.45, 2.75) is 11.8 Å². The molecule has 0 saturated carbocycles. The van der Waals surface area contributed by atoms with E-state index in [1.165, 1.54) is 55.8 Å². The Kier molecular flexibility index (Phi) is 6.46. The van der Waals surface area contributed by atoms with Gasteiger partial charge in [-0.1, -0.05) is 6.08 Å². The molecule has 0 saturated heterocycles. The van der Waals surface area contributed by atoms with Crippen LogP contribution in [-0.2, 0) is 14.8 Å². The second kappa shape index (κ2) is 8.59. The van der Waals surface area contributed by atoms with Gasteiger partial charge in [-0.25, -0.2) is 8.42 Å². The van der Waals surface area contributed by atoms with Crippen molar-refractivity contribution in [1.29, 1.82) is 0 Å². The first-order valence-electron chi connectivity index (χ1n) is 8.06. The van der Waals surface area contributed by atoms with Crippen molar-refractivity contribution in [2.75, 3.05) is 30.4 Å². The lowest BCUT2D eigenvalue weighted by atomic mass is 10.2. The van der Waals surface area contributed by atoms with Gasteiger partial charge in [0.05, 0.1) is 31.3 Å². The van der Waals surface area contributed by atoms with Crippen LogP contribution in [0.3, 0.4) is 0 Å². The molecule has 0 radical (unpaired) electrons. The minimum atomic E-state index is -3.91. The highest BCUT2D eigenvalue weighted by Crippen LogP contribution is 2.35. The van der Waals surface area contributed by atoms with Crippen LogP contribution in [0, 0.1) is 0 Å². The van der Waals surface area contributed by atoms with Crippen molar-refractivity contribution in [3.8, 4) is 11.5 Å². The standard InChI is InChI=1S/C19H22N2O5S/c1-5-12-21(18-13-16(25-3)8-11-19(18)26-4)27(23,24)17-9-6-15(7-10-17)20-14(2)22/h5-11,13H,1,12H2,2-4H3,(H,20,22). The Hall–Kier alpha value is -3.00. The zero-order chi connectivity index (χ0) is 20.0. The number of hydrogen-bond donors (Lipinski definition) is 1. The molecular formula is C19H22N2O5S. The van der Waals surface area contributed by atoms with Gasteiger partial charge in [-0.3, -0.25) is 9.10 Å². The van der Waals surface area contributed by atoms with Gasteiger partial charge in [0.2, 0.25) is 5.91 Å². The highest BCUT2D eigenvalue weighted by atomic mass is 32.2. The van der Waals surface area contributed by atoms with E-state index in [0.717, 1.165) is 0 Å². The number of nitrogens with zero attached hydrogens (tertiary/aromatic N) is 1. The van der Waals surface area contributed by atoms with E-state index >= 15 is 0 Å². The van der Waals surface area contributed by atoms with Gasteiger partial charge in [0, 0.05) is 18.7 Å². The third-order valence-electron chi connectivity index (χ3n) is 3.71. The number of carbonyl (C=O) groups is 1. The average molecular weight is 390 g/mol. The smallest absolute Gasteiger partial charge is 0.264 e. The summed E-state index contributed by atoms with van der Waals surface area (Å²) < 4.78 is 38.2. The van der Waals surface area contributed by atoms with Crippen LogP contribution in [0.2, 0.25) is 0 Å².